The average molecular weight is 454 g/mol. The van der Waals surface area contributed by atoms with Gasteiger partial charge in [-0.2, -0.15) is 0 Å². The molecule has 8 nitrogen and oxygen atoms in total. The molecule has 0 aliphatic carbocycles. The van der Waals surface area contributed by atoms with Gasteiger partial charge in [-0.3, -0.25) is 4.79 Å². The van der Waals surface area contributed by atoms with Crippen LogP contribution in [0.4, 0.5) is 0 Å². The van der Waals surface area contributed by atoms with Gasteiger partial charge >= 0.3 is 31.7 Å². The molecule has 0 heterocycles. The quantitative estimate of drug-likeness (QED) is 0.236. The van der Waals surface area contributed by atoms with Gasteiger partial charge in [0.1, 0.15) is 0 Å². The normalized spacial score (nSPS) is 15.6. The van der Waals surface area contributed by atoms with E-state index in [4.69, 9.17) is 17.5 Å². The smallest absolute Gasteiger partial charge is 0.328 e. The zero-order chi connectivity index (χ0) is 21.5. The Morgan fingerprint density at radius 2 is 1.48 bits per heavy atom. The van der Waals surface area contributed by atoms with Crippen LogP contribution in [0.2, 0.25) is 58.4 Å². The van der Waals surface area contributed by atoms with Crippen LogP contribution >= 0.6 is 0 Å². The maximum absolute atomic E-state index is 11.5. The number of carbonyl (C=O) groups excluding carboxylic acids is 1. The highest BCUT2D eigenvalue weighted by molar-refractivity contribution is 6.88. The molecule has 1 unspecified atom stereocenters. The lowest BCUT2D eigenvalue weighted by Crippen LogP contribution is -2.57. The lowest BCUT2D eigenvalue weighted by atomic mass is 10.4. The molecule has 0 saturated heterocycles. The number of carboxylic acid groups (broad SMARTS) is 1. The molecule has 0 aliphatic rings. The van der Waals surface area contributed by atoms with Crippen molar-refractivity contribution in [3.8, 4) is 0 Å². The molecule has 0 fully saturated rings. The molecule has 0 aromatic heterocycles. The lowest BCUT2D eigenvalue weighted by molar-refractivity contribution is -0.131. The van der Waals surface area contributed by atoms with E-state index in [-0.39, 0.29) is 0 Å². The molecule has 0 aromatic rings. The summed E-state index contributed by atoms with van der Waals surface area (Å²) in [6.07, 6.45) is 2.44. The van der Waals surface area contributed by atoms with Crippen LogP contribution in [0.1, 0.15) is 6.42 Å². The molecular weight excluding hydrogens is 419 g/mol. The third-order valence-corrected chi connectivity index (χ3v) is 16.1. The van der Waals surface area contributed by atoms with E-state index in [0.29, 0.717) is 19.0 Å². The highest BCUT2D eigenvalue weighted by atomic mass is 28.5. The molecule has 0 aliphatic heterocycles. The number of aliphatic carboxylic acids is 1. The number of rotatable bonds is 12. The molecule has 0 aromatic carbocycles. The largest absolute Gasteiger partial charge is 0.478 e. The van der Waals surface area contributed by atoms with Gasteiger partial charge in [0.05, 0.1) is 0 Å². The van der Waals surface area contributed by atoms with Crippen molar-refractivity contribution in [3.63, 3.8) is 0 Å². The van der Waals surface area contributed by atoms with Gasteiger partial charge in [0.25, 0.3) is 0 Å². The Morgan fingerprint density at radius 3 is 1.93 bits per heavy atom. The van der Waals surface area contributed by atoms with Crippen LogP contribution in [0, 0.1) is 0 Å². The van der Waals surface area contributed by atoms with Gasteiger partial charge in [0, 0.05) is 18.7 Å². The molecule has 0 saturated carbocycles. The predicted molar refractivity (Wildman–Crippen MR) is 115 cm³/mol. The van der Waals surface area contributed by atoms with Gasteiger partial charge in [0.15, 0.2) is 8.32 Å². The van der Waals surface area contributed by atoms with E-state index in [0.717, 1.165) is 12.2 Å². The Bertz CT molecular complexity index is 543. The van der Waals surface area contributed by atoms with E-state index in [9.17, 15) is 14.4 Å². The van der Waals surface area contributed by atoms with Crippen LogP contribution in [0.25, 0.3) is 0 Å². The second-order valence-corrected chi connectivity index (χ2v) is 23.6. The Kier molecular flexibility index (Phi) is 10.0. The van der Waals surface area contributed by atoms with Crippen LogP contribution < -0.4 is 5.32 Å². The number of amides is 1. The van der Waals surface area contributed by atoms with Crippen LogP contribution in [-0.2, 0) is 21.9 Å². The Morgan fingerprint density at radius 1 is 0.926 bits per heavy atom. The zero-order valence-electron chi connectivity index (χ0n) is 17.7. The summed E-state index contributed by atoms with van der Waals surface area (Å²) in [5.74, 6) is -1.61. The minimum atomic E-state index is -2.72. The summed E-state index contributed by atoms with van der Waals surface area (Å²) in [6, 6.07) is 0.660. The van der Waals surface area contributed by atoms with Gasteiger partial charge in [0.2, 0.25) is 5.91 Å². The van der Waals surface area contributed by atoms with Crippen molar-refractivity contribution in [2.45, 2.75) is 64.8 Å². The standard InChI is InChI=1S/C15H35NO7Si4/c1-24(2,3)21-27(8,23-26(6,7)22-25(4,5)20)13-9-12-16-14(17)10-11-15(18)19/h10-11,20H,9,12-13H2,1-8H3,(H,16,17)(H,18,19)/b11-10+. The lowest BCUT2D eigenvalue weighted by Gasteiger charge is -2.40. The molecule has 158 valence electrons. The minimum Gasteiger partial charge on any atom is -0.478 e. The molecule has 0 rings (SSSR count). The monoisotopic (exact) mass is 453 g/mol. The number of carboxylic acids is 1. The van der Waals surface area contributed by atoms with E-state index in [1.165, 1.54) is 0 Å². The fourth-order valence-electron chi connectivity index (χ4n) is 2.74. The number of carbonyl (C=O) groups is 2. The topological polar surface area (TPSA) is 114 Å². The van der Waals surface area contributed by atoms with Crippen LogP contribution in [0.3, 0.4) is 0 Å². The zero-order valence-corrected chi connectivity index (χ0v) is 21.7. The first-order chi connectivity index (χ1) is 11.9. The van der Waals surface area contributed by atoms with Crippen LogP contribution in [-0.4, -0.2) is 62.3 Å². The van der Waals surface area contributed by atoms with Crippen molar-refractivity contribution in [1.82, 2.24) is 5.32 Å². The molecule has 27 heavy (non-hydrogen) atoms. The van der Waals surface area contributed by atoms with Crippen molar-refractivity contribution < 1.29 is 31.8 Å². The van der Waals surface area contributed by atoms with Crippen molar-refractivity contribution in [1.29, 1.82) is 0 Å². The number of nitrogens with one attached hydrogen (secondary N) is 1. The summed E-state index contributed by atoms with van der Waals surface area (Å²) in [5.41, 5.74) is 0. The van der Waals surface area contributed by atoms with Crippen molar-refractivity contribution in [2.24, 2.45) is 0 Å². The Balaban J connectivity index is 4.89. The minimum absolute atomic E-state index is 0.396. The third kappa shape index (κ3) is 15.0. The van der Waals surface area contributed by atoms with Crippen LogP contribution in [0.15, 0.2) is 12.2 Å². The first kappa shape index (κ1) is 26.4. The van der Waals surface area contributed by atoms with Gasteiger partial charge in [-0.1, -0.05) is 0 Å². The van der Waals surface area contributed by atoms with Gasteiger partial charge in [-0.05, 0) is 64.8 Å². The second-order valence-electron chi connectivity index (χ2n) is 8.47. The highest BCUT2D eigenvalue weighted by Crippen LogP contribution is 2.27. The Labute approximate surface area is 166 Å². The second kappa shape index (κ2) is 10.2. The maximum atomic E-state index is 11.5. The van der Waals surface area contributed by atoms with E-state index in [2.05, 4.69) is 25.0 Å². The summed E-state index contributed by atoms with van der Waals surface area (Å²) >= 11 is 0. The third-order valence-electron chi connectivity index (χ3n) is 2.96. The summed E-state index contributed by atoms with van der Waals surface area (Å²) in [7, 11) is -9.75. The molecule has 0 bridgehead atoms. The molecule has 1 amide bonds. The summed E-state index contributed by atoms with van der Waals surface area (Å²) in [5, 5.41) is 11.2. The first-order valence-electron chi connectivity index (χ1n) is 8.95. The molecule has 1 atom stereocenters. The van der Waals surface area contributed by atoms with E-state index in [1.54, 1.807) is 13.1 Å². The van der Waals surface area contributed by atoms with E-state index in [1.807, 2.05) is 19.6 Å². The summed E-state index contributed by atoms with van der Waals surface area (Å²) in [6.45, 7) is 15.9. The first-order valence-corrected chi connectivity index (χ1v) is 20.6. The van der Waals surface area contributed by atoms with Crippen molar-refractivity contribution in [2.75, 3.05) is 6.54 Å². The maximum Gasteiger partial charge on any atom is 0.328 e. The van der Waals surface area contributed by atoms with Crippen molar-refractivity contribution in [3.05, 3.63) is 12.2 Å². The molecule has 12 heteroatoms. The number of hydrogen-bond acceptors (Lipinski definition) is 6. The van der Waals surface area contributed by atoms with Crippen molar-refractivity contribution >= 4 is 45.9 Å². The summed E-state index contributed by atoms with van der Waals surface area (Å²) in [4.78, 5) is 32.1. The highest BCUT2D eigenvalue weighted by Gasteiger charge is 2.44. The predicted octanol–water partition coefficient (Wildman–Crippen LogP) is 2.49. The Hall–Kier alpha value is -0.612. The van der Waals surface area contributed by atoms with Crippen LogP contribution in [0.5, 0.6) is 0 Å². The molecule has 0 spiro atoms. The van der Waals surface area contributed by atoms with Gasteiger partial charge < -0.3 is 27.6 Å². The fraction of sp³-hybridized carbons (Fsp3) is 0.733. The number of hydrogen-bond donors (Lipinski definition) is 3. The van der Waals surface area contributed by atoms with E-state index >= 15 is 0 Å². The molecule has 0 radical (unpaired) electrons. The van der Waals surface area contributed by atoms with Gasteiger partial charge in [-0.15, -0.1) is 0 Å². The SMILES string of the molecule is C[Si](C)(C)O[Si](C)(CCCNC(=O)/C=C/C(=O)O)O[Si](C)(C)O[Si](C)(C)O. The molecular formula is C15H35NO7Si4. The summed E-state index contributed by atoms with van der Waals surface area (Å²) < 4.78 is 18.7. The van der Waals surface area contributed by atoms with Gasteiger partial charge in [-0.25, -0.2) is 4.79 Å². The average Bonchev–Trinajstić information content (AvgIpc) is 2.35. The molecule has 3 N–H and O–H groups in total. The fourth-order valence-corrected chi connectivity index (χ4v) is 19.6. The van der Waals surface area contributed by atoms with E-state index < -0.39 is 45.9 Å².